The largest absolute Gasteiger partial charge is 0.481 e. The van der Waals surface area contributed by atoms with Gasteiger partial charge in [-0.05, 0) is 16.8 Å². The van der Waals surface area contributed by atoms with Gasteiger partial charge in [-0.15, -0.1) is 10.2 Å². The first-order chi connectivity index (χ1) is 13.1. The molecule has 4 rings (SSSR count). The highest BCUT2D eigenvalue weighted by Crippen LogP contribution is 2.34. The predicted molar refractivity (Wildman–Crippen MR) is 95.8 cm³/mol. The minimum absolute atomic E-state index is 0.161. The monoisotopic (exact) mass is 363 g/mol. The molecule has 1 saturated heterocycles. The molecule has 0 bridgehead atoms. The molecule has 2 atom stereocenters. The highest BCUT2D eigenvalue weighted by Gasteiger charge is 2.41. The highest BCUT2D eigenvalue weighted by molar-refractivity contribution is 6.00. The van der Waals surface area contributed by atoms with Crippen LogP contribution in [0.5, 0.6) is 0 Å². The molecular formula is C19H17N5O3. The Labute approximate surface area is 154 Å². The fourth-order valence-electron chi connectivity index (χ4n) is 3.57. The zero-order valence-corrected chi connectivity index (χ0v) is 14.3. The van der Waals surface area contributed by atoms with E-state index in [1.807, 2.05) is 30.3 Å². The molecule has 0 unspecified atom stereocenters. The fraction of sp³-hybridized carbons (Fsp3) is 0.211. The van der Waals surface area contributed by atoms with Gasteiger partial charge in [0.15, 0.2) is 0 Å². The van der Waals surface area contributed by atoms with Gasteiger partial charge in [-0.1, -0.05) is 48.5 Å². The van der Waals surface area contributed by atoms with Gasteiger partial charge in [-0.25, -0.2) is 0 Å². The number of aromatic nitrogens is 4. The molecule has 1 aliphatic heterocycles. The average Bonchev–Trinajstić information content (AvgIpc) is 3.38. The second-order valence-corrected chi connectivity index (χ2v) is 6.45. The number of carbonyl (C=O) groups is 2. The summed E-state index contributed by atoms with van der Waals surface area (Å²) >= 11 is 0. The van der Waals surface area contributed by atoms with Crippen LogP contribution in [-0.4, -0.2) is 55.6 Å². The van der Waals surface area contributed by atoms with Crippen molar-refractivity contribution in [3.63, 3.8) is 0 Å². The number of likely N-dealkylation sites (tertiary alicyclic amines) is 1. The van der Waals surface area contributed by atoms with Crippen LogP contribution >= 0.6 is 0 Å². The van der Waals surface area contributed by atoms with E-state index in [-0.39, 0.29) is 18.4 Å². The number of aromatic amines is 1. The quantitative estimate of drug-likeness (QED) is 0.731. The molecule has 1 aromatic heterocycles. The van der Waals surface area contributed by atoms with Crippen molar-refractivity contribution in [2.75, 3.05) is 13.1 Å². The van der Waals surface area contributed by atoms with E-state index in [2.05, 4.69) is 20.6 Å². The van der Waals surface area contributed by atoms with Crippen molar-refractivity contribution in [3.8, 4) is 11.4 Å². The van der Waals surface area contributed by atoms with Crippen molar-refractivity contribution in [1.82, 2.24) is 25.5 Å². The first-order valence-corrected chi connectivity index (χ1v) is 8.55. The summed E-state index contributed by atoms with van der Waals surface area (Å²) in [4.78, 5) is 26.5. The third kappa shape index (κ3) is 3.17. The van der Waals surface area contributed by atoms with Gasteiger partial charge in [0.05, 0.1) is 11.5 Å². The molecule has 136 valence electrons. The van der Waals surface area contributed by atoms with Gasteiger partial charge in [-0.3, -0.25) is 9.59 Å². The highest BCUT2D eigenvalue weighted by atomic mass is 16.4. The van der Waals surface area contributed by atoms with Crippen LogP contribution in [0.4, 0.5) is 0 Å². The second kappa shape index (κ2) is 6.99. The maximum atomic E-state index is 13.2. The Balaban J connectivity index is 1.65. The lowest BCUT2D eigenvalue weighted by atomic mass is 9.89. The van der Waals surface area contributed by atoms with Crippen LogP contribution in [0.25, 0.3) is 11.4 Å². The van der Waals surface area contributed by atoms with E-state index in [9.17, 15) is 14.7 Å². The van der Waals surface area contributed by atoms with Crippen molar-refractivity contribution >= 4 is 11.9 Å². The van der Waals surface area contributed by atoms with Gasteiger partial charge in [0.25, 0.3) is 5.91 Å². The number of hydrogen-bond donors (Lipinski definition) is 2. The maximum Gasteiger partial charge on any atom is 0.308 e. The van der Waals surface area contributed by atoms with Gasteiger partial charge in [0.1, 0.15) is 0 Å². The molecule has 2 heterocycles. The molecule has 0 aliphatic carbocycles. The Morgan fingerprint density at radius 3 is 2.48 bits per heavy atom. The smallest absolute Gasteiger partial charge is 0.308 e. The van der Waals surface area contributed by atoms with E-state index in [0.29, 0.717) is 23.5 Å². The molecule has 8 heteroatoms. The van der Waals surface area contributed by atoms with Crippen molar-refractivity contribution in [3.05, 3.63) is 65.7 Å². The number of tetrazole rings is 1. The van der Waals surface area contributed by atoms with Crippen LogP contribution in [0.2, 0.25) is 0 Å². The number of aliphatic carboxylic acids is 1. The lowest BCUT2D eigenvalue weighted by molar-refractivity contribution is -0.141. The summed E-state index contributed by atoms with van der Waals surface area (Å²) < 4.78 is 0. The summed E-state index contributed by atoms with van der Waals surface area (Å²) in [7, 11) is 0. The van der Waals surface area contributed by atoms with Crippen LogP contribution in [-0.2, 0) is 4.79 Å². The summed E-state index contributed by atoms with van der Waals surface area (Å²) in [5, 5.41) is 23.5. The van der Waals surface area contributed by atoms with E-state index >= 15 is 0 Å². The molecule has 2 aromatic carbocycles. The molecule has 1 amide bonds. The van der Waals surface area contributed by atoms with Crippen molar-refractivity contribution < 1.29 is 14.7 Å². The van der Waals surface area contributed by atoms with Gasteiger partial charge in [0, 0.05) is 24.6 Å². The Kier molecular flexibility index (Phi) is 4.37. The maximum absolute atomic E-state index is 13.2. The molecule has 1 aliphatic rings. The van der Waals surface area contributed by atoms with E-state index in [1.165, 1.54) is 0 Å². The summed E-state index contributed by atoms with van der Waals surface area (Å²) in [5.74, 6) is -1.70. The number of carbonyl (C=O) groups excluding carboxylic acids is 1. The normalized spacial score (nSPS) is 19.2. The molecule has 1 fully saturated rings. The SMILES string of the molecule is O=C(O)[C@@H]1CN(C(=O)c2ccccc2-c2nn[nH]n2)C[C@H]1c1ccccc1. The van der Waals surface area contributed by atoms with Gasteiger partial charge >= 0.3 is 5.97 Å². The molecule has 3 aromatic rings. The van der Waals surface area contributed by atoms with E-state index in [4.69, 9.17) is 0 Å². The van der Waals surface area contributed by atoms with E-state index < -0.39 is 11.9 Å². The minimum atomic E-state index is -0.898. The zero-order chi connectivity index (χ0) is 18.8. The van der Waals surface area contributed by atoms with Crippen LogP contribution in [0, 0.1) is 5.92 Å². The van der Waals surface area contributed by atoms with Gasteiger partial charge in [0.2, 0.25) is 5.82 Å². The summed E-state index contributed by atoms with van der Waals surface area (Å²) in [6, 6.07) is 16.4. The van der Waals surface area contributed by atoms with Gasteiger partial charge < -0.3 is 10.0 Å². The number of amides is 1. The topological polar surface area (TPSA) is 112 Å². The number of carboxylic acid groups (broad SMARTS) is 1. The number of hydrogen-bond acceptors (Lipinski definition) is 5. The first kappa shape index (κ1) is 16.9. The van der Waals surface area contributed by atoms with Crippen molar-refractivity contribution in [1.29, 1.82) is 0 Å². The van der Waals surface area contributed by atoms with Crippen LogP contribution in [0.15, 0.2) is 54.6 Å². The Bertz CT molecular complexity index is 958. The molecular weight excluding hydrogens is 346 g/mol. The molecule has 27 heavy (non-hydrogen) atoms. The Morgan fingerprint density at radius 1 is 1.04 bits per heavy atom. The Morgan fingerprint density at radius 2 is 1.78 bits per heavy atom. The third-order valence-corrected chi connectivity index (χ3v) is 4.90. The van der Waals surface area contributed by atoms with E-state index in [0.717, 1.165) is 5.56 Å². The average molecular weight is 363 g/mol. The number of carboxylic acids is 1. The fourth-order valence-corrected chi connectivity index (χ4v) is 3.57. The number of nitrogens with zero attached hydrogens (tertiary/aromatic N) is 4. The number of H-pyrrole nitrogens is 1. The van der Waals surface area contributed by atoms with Crippen LogP contribution in [0.3, 0.4) is 0 Å². The molecule has 8 nitrogen and oxygen atoms in total. The molecule has 0 spiro atoms. The Hall–Kier alpha value is -3.55. The molecule has 0 saturated carbocycles. The van der Waals surface area contributed by atoms with Gasteiger partial charge in [-0.2, -0.15) is 5.21 Å². The first-order valence-electron chi connectivity index (χ1n) is 8.55. The van der Waals surface area contributed by atoms with Crippen LogP contribution in [0.1, 0.15) is 21.8 Å². The predicted octanol–water partition coefficient (Wildman–Crippen LogP) is 1.81. The standard InChI is InChI=1S/C19H17N5O3/c25-18(14-9-5-4-8-13(14)17-20-22-23-21-17)24-10-15(16(11-24)19(26)27)12-6-2-1-3-7-12/h1-9,15-16H,10-11H2,(H,26,27)(H,20,21,22,23)/t15-,16+/m0/s1. The zero-order valence-electron chi connectivity index (χ0n) is 14.3. The minimum Gasteiger partial charge on any atom is -0.481 e. The second-order valence-electron chi connectivity index (χ2n) is 6.45. The third-order valence-electron chi connectivity index (χ3n) is 4.90. The van der Waals surface area contributed by atoms with Crippen molar-refractivity contribution in [2.45, 2.75) is 5.92 Å². The summed E-state index contributed by atoms with van der Waals surface area (Å²) in [6.07, 6.45) is 0. The van der Waals surface area contributed by atoms with Crippen LogP contribution < -0.4 is 0 Å². The molecule has 0 radical (unpaired) electrons. The number of benzene rings is 2. The number of rotatable bonds is 4. The lowest BCUT2D eigenvalue weighted by Gasteiger charge is -2.18. The summed E-state index contributed by atoms with van der Waals surface area (Å²) in [6.45, 7) is 0.509. The number of nitrogens with one attached hydrogen (secondary N) is 1. The lowest BCUT2D eigenvalue weighted by Crippen LogP contribution is -2.30. The summed E-state index contributed by atoms with van der Waals surface area (Å²) in [5.41, 5.74) is 1.91. The van der Waals surface area contributed by atoms with Crippen molar-refractivity contribution in [2.24, 2.45) is 5.92 Å². The van der Waals surface area contributed by atoms with E-state index in [1.54, 1.807) is 29.2 Å². The molecule has 2 N–H and O–H groups in total.